The third-order valence-electron chi connectivity index (χ3n) is 2.76. The molecule has 110 valence electrons. The van der Waals surface area contributed by atoms with Crippen LogP contribution in [0, 0.1) is 3.57 Å². The normalized spacial score (nSPS) is 10.8. The highest BCUT2D eigenvalue weighted by atomic mass is 127. The van der Waals surface area contributed by atoms with Crippen molar-refractivity contribution in [1.82, 2.24) is 0 Å². The minimum atomic E-state index is 0.414. The summed E-state index contributed by atoms with van der Waals surface area (Å²) in [5.41, 5.74) is 1.75. The molecular formula is C15H13ClINO3. The molecule has 0 spiro atoms. The lowest BCUT2D eigenvalue weighted by atomic mass is 10.2. The Morgan fingerprint density at radius 1 is 1.29 bits per heavy atom. The van der Waals surface area contributed by atoms with E-state index in [-0.39, 0.29) is 0 Å². The zero-order chi connectivity index (χ0) is 15.2. The molecule has 0 unspecified atom stereocenters. The van der Waals surface area contributed by atoms with Crippen molar-refractivity contribution in [2.24, 2.45) is 5.16 Å². The van der Waals surface area contributed by atoms with Gasteiger partial charge in [-0.2, -0.15) is 0 Å². The van der Waals surface area contributed by atoms with Gasteiger partial charge < -0.3 is 14.7 Å². The third-order valence-corrected chi connectivity index (χ3v) is 3.81. The van der Waals surface area contributed by atoms with E-state index in [9.17, 15) is 0 Å². The SMILES string of the molecule is COc1cc(/C=N/O)cc(I)c1OCc1ccc(Cl)cc1. The Balaban J connectivity index is 2.20. The number of rotatable bonds is 5. The molecule has 0 aliphatic rings. The Bertz CT molecular complexity index is 644. The van der Waals surface area contributed by atoms with Gasteiger partial charge in [0.1, 0.15) is 6.61 Å². The van der Waals surface area contributed by atoms with Crippen molar-refractivity contribution in [3.63, 3.8) is 0 Å². The fourth-order valence-corrected chi connectivity index (χ4v) is 2.66. The fraction of sp³-hybridized carbons (Fsp3) is 0.133. The summed E-state index contributed by atoms with van der Waals surface area (Å²) in [7, 11) is 1.57. The molecule has 0 aliphatic carbocycles. The van der Waals surface area contributed by atoms with Crippen molar-refractivity contribution in [2.75, 3.05) is 7.11 Å². The average Bonchev–Trinajstić information content (AvgIpc) is 2.47. The minimum absolute atomic E-state index is 0.414. The fourth-order valence-electron chi connectivity index (χ4n) is 1.76. The summed E-state index contributed by atoms with van der Waals surface area (Å²) in [4.78, 5) is 0. The Labute approximate surface area is 141 Å². The number of hydrogen-bond donors (Lipinski definition) is 1. The summed E-state index contributed by atoms with van der Waals surface area (Å²) >= 11 is 8.01. The highest BCUT2D eigenvalue weighted by Crippen LogP contribution is 2.34. The molecule has 2 aromatic carbocycles. The Kier molecular flexibility index (Phi) is 5.69. The largest absolute Gasteiger partial charge is 0.493 e. The van der Waals surface area contributed by atoms with E-state index < -0.39 is 0 Å². The molecule has 0 atom stereocenters. The Morgan fingerprint density at radius 2 is 2.00 bits per heavy atom. The number of oxime groups is 1. The van der Waals surface area contributed by atoms with Crippen LogP contribution in [0.25, 0.3) is 0 Å². The van der Waals surface area contributed by atoms with Gasteiger partial charge in [-0.3, -0.25) is 0 Å². The van der Waals surface area contributed by atoms with Gasteiger partial charge in [0.15, 0.2) is 11.5 Å². The zero-order valence-corrected chi connectivity index (χ0v) is 14.1. The van der Waals surface area contributed by atoms with E-state index in [1.165, 1.54) is 6.21 Å². The van der Waals surface area contributed by atoms with Crippen LogP contribution >= 0.6 is 34.2 Å². The molecule has 21 heavy (non-hydrogen) atoms. The van der Waals surface area contributed by atoms with Crippen LogP contribution in [0.2, 0.25) is 5.02 Å². The van der Waals surface area contributed by atoms with Crippen LogP contribution in [0.3, 0.4) is 0 Å². The molecule has 6 heteroatoms. The van der Waals surface area contributed by atoms with E-state index >= 15 is 0 Å². The summed E-state index contributed by atoms with van der Waals surface area (Å²) in [6.07, 6.45) is 1.34. The Morgan fingerprint density at radius 3 is 2.62 bits per heavy atom. The quantitative estimate of drug-likeness (QED) is 0.341. The van der Waals surface area contributed by atoms with Gasteiger partial charge >= 0.3 is 0 Å². The maximum atomic E-state index is 8.60. The van der Waals surface area contributed by atoms with Gasteiger partial charge in [0.05, 0.1) is 16.9 Å². The van der Waals surface area contributed by atoms with E-state index in [0.717, 1.165) is 14.7 Å². The lowest BCUT2D eigenvalue weighted by molar-refractivity contribution is 0.282. The maximum absolute atomic E-state index is 8.60. The van der Waals surface area contributed by atoms with Gasteiger partial charge in [0.25, 0.3) is 0 Å². The molecule has 0 radical (unpaired) electrons. The summed E-state index contributed by atoms with van der Waals surface area (Å²) in [6.45, 7) is 0.414. The first-order valence-electron chi connectivity index (χ1n) is 6.06. The van der Waals surface area contributed by atoms with Crippen molar-refractivity contribution >= 4 is 40.4 Å². The van der Waals surface area contributed by atoms with Gasteiger partial charge in [0, 0.05) is 10.6 Å². The van der Waals surface area contributed by atoms with Crippen LogP contribution in [0.15, 0.2) is 41.6 Å². The second-order valence-corrected chi connectivity index (χ2v) is 5.79. The van der Waals surface area contributed by atoms with E-state index in [1.807, 2.05) is 30.3 Å². The summed E-state index contributed by atoms with van der Waals surface area (Å²) in [6, 6.07) is 11.1. The molecule has 0 amide bonds. The lowest BCUT2D eigenvalue weighted by Crippen LogP contribution is -2.00. The number of hydrogen-bond acceptors (Lipinski definition) is 4. The molecule has 0 saturated heterocycles. The van der Waals surface area contributed by atoms with Crippen molar-refractivity contribution < 1.29 is 14.7 Å². The minimum Gasteiger partial charge on any atom is -0.493 e. The van der Waals surface area contributed by atoms with E-state index in [0.29, 0.717) is 23.1 Å². The average molecular weight is 418 g/mol. The number of nitrogens with zero attached hydrogens (tertiary/aromatic N) is 1. The molecular weight excluding hydrogens is 405 g/mol. The number of benzene rings is 2. The van der Waals surface area contributed by atoms with E-state index in [1.54, 1.807) is 13.2 Å². The van der Waals surface area contributed by atoms with Crippen LogP contribution in [-0.4, -0.2) is 18.5 Å². The van der Waals surface area contributed by atoms with Gasteiger partial charge in [-0.15, -0.1) is 0 Å². The standard InChI is InChI=1S/C15H13ClINO3/c1-20-14-7-11(8-18-19)6-13(17)15(14)21-9-10-2-4-12(16)5-3-10/h2-8,19H,9H2,1H3/b18-8+. The molecule has 0 aliphatic heterocycles. The molecule has 0 fully saturated rings. The van der Waals surface area contributed by atoms with Crippen LogP contribution in [0.4, 0.5) is 0 Å². The third kappa shape index (κ3) is 4.25. The first kappa shape index (κ1) is 15.9. The zero-order valence-electron chi connectivity index (χ0n) is 11.2. The number of ether oxygens (including phenoxy) is 2. The smallest absolute Gasteiger partial charge is 0.174 e. The Hall–Kier alpha value is -1.47. The van der Waals surface area contributed by atoms with Crippen molar-refractivity contribution in [3.8, 4) is 11.5 Å². The molecule has 0 aromatic heterocycles. The number of methoxy groups -OCH3 is 1. The second-order valence-electron chi connectivity index (χ2n) is 4.19. The van der Waals surface area contributed by atoms with Crippen LogP contribution in [0.1, 0.15) is 11.1 Å². The summed E-state index contributed by atoms with van der Waals surface area (Å²) < 4.78 is 12.0. The van der Waals surface area contributed by atoms with Gasteiger partial charge in [-0.1, -0.05) is 28.9 Å². The highest BCUT2D eigenvalue weighted by molar-refractivity contribution is 14.1. The van der Waals surface area contributed by atoms with Crippen molar-refractivity contribution in [2.45, 2.75) is 6.61 Å². The van der Waals surface area contributed by atoms with Crippen molar-refractivity contribution in [1.29, 1.82) is 0 Å². The maximum Gasteiger partial charge on any atom is 0.174 e. The molecule has 0 saturated carbocycles. The first-order chi connectivity index (χ1) is 10.1. The van der Waals surface area contributed by atoms with Crippen LogP contribution in [-0.2, 0) is 6.61 Å². The van der Waals surface area contributed by atoms with Gasteiger partial charge in [-0.25, -0.2) is 0 Å². The molecule has 4 nitrogen and oxygen atoms in total. The van der Waals surface area contributed by atoms with Gasteiger partial charge in [-0.05, 0) is 52.4 Å². The van der Waals surface area contributed by atoms with Crippen molar-refractivity contribution in [3.05, 3.63) is 56.1 Å². The molecule has 1 N–H and O–H groups in total. The monoisotopic (exact) mass is 417 g/mol. The van der Waals surface area contributed by atoms with E-state index in [2.05, 4.69) is 27.7 Å². The first-order valence-corrected chi connectivity index (χ1v) is 7.52. The molecule has 2 aromatic rings. The predicted molar refractivity (Wildman–Crippen MR) is 90.9 cm³/mol. The summed E-state index contributed by atoms with van der Waals surface area (Å²) in [5, 5.41) is 12.3. The second kappa shape index (κ2) is 7.51. The van der Waals surface area contributed by atoms with Gasteiger partial charge in [0.2, 0.25) is 0 Å². The molecule has 0 heterocycles. The molecule has 2 rings (SSSR count). The van der Waals surface area contributed by atoms with Crippen LogP contribution < -0.4 is 9.47 Å². The summed E-state index contributed by atoms with van der Waals surface area (Å²) in [5.74, 6) is 1.24. The van der Waals surface area contributed by atoms with E-state index in [4.69, 9.17) is 26.3 Å². The predicted octanol–water partition coefficient (Wildman–Crippen LogP) is 4.34. The number of halogens is 2. The highest BCUT2D eigenvalue weighted by Gasteiger charge is 2.11. The topological polar surface area (TPSA) is 51.0 Å². The molecule has 0 bridgehead atoms. The van der Waals surface area contributed by atoms with Crippen LogP contribution in [0.5, 0.6) is 11.5 Å². The lowest BCUT2D eigenvalue weighted by Gasteiger charge is -2.13.